The molecule has 0 aliphatic carbocycles. The van der Waals surface area contributed by atoms with Crippen molar-refractivity contribution in [2.45, 2.75) is 0 Å². The molecule has 4 nitrogen and oxygen atoms in total. The molecule has 4 heteroatoms. The fourth-order valence-electron chi connectivity index (χ4n) is 9.65. The summed E-state index contributed by atoms with van der Waals surface area (Å²) in [7, 11) is 0. The van der Waals surface area contributed by atoms with Gasteiger partial charge in [-0.1, -0.05) is 127 Å². The lowest BCUT2D eigenvalue weighted by Gasteiger charge is -2.28. The third-order valence-corrected chi connectivity index (χ3v) is 12.0. The molecular weight excluding hydrogens is 683 g/mol. The third kappa shape index (κ3) is 3.92. The summed E-state index contributed by atoms with van der Waals surface area (Å²) >= 11 is 0. The minimum absolute atomic E-state index is 0.866. The second-order valence-corrected chi connectivity index (χ2v) is 14.9. The van der Waals surface area contributed by atoms with Crippen LogP contribution >= 0.6 is 0 Å². The molecule has 0 N–H and O–H groups in total. The summed E-state index contributed by atoms with van der Waals surface area (Å²) in [4.78, 5) is 2.41. The van der Waals surface area contributed by atoms with Gasteiger partial charge in [-0.25, -0.2) is 0 Å². The Morgan fingerprint density at radius 2 is 0.893 bits per heavy atom. The molecule has 0 atom stereocenters. The Hall–Kier alpha value is -7.56. The first-order chi connectivity index (χ1) is 27.8. The molecule has 0 radical (unpaired) electrons. The van der Waals surface area contributed by atoms with Gasteiger partial charge in [-0.05, 0) is 71.1 Å². The van der Waals surface area contributed by atoms with E-state index in [1.54, 1.807) is 0 Å². The van der Waals surface area contributed by atoms with Crippen LogP contribution < -0.4 is 4.90 Å². The minimum Gasteiger partial charge on any atom is -0.456 e. The van der Waals surface area contributed by atoms with Crippen molar-refractivity contribution >= 4 is 104 Å². The number of hydrogen-bond donors (Lipinski definition) is 0. The van der Waals surface area contributed by atoms with Crippen molar-refractivity contribution < 1.29 is 4.42 Å². The smallest absolute Gasteiger partial charge is 0.137 e. The van der Waals surface area contributed by atoms with E-state index >= 15 is 0 Å². The van der Waals surface area contributed by atoms with Crippen LogP contribution in [0.25, 0.3) is 98.5 Å². The highest BCUT2D eigenvalue weighted by Gasteiger charge is 2.24. The zero-order valence-corrected chi connectivity index (χ0v) is 30.1. The van der Waals surface area contributed by atoms with Crippen LogP contribution in [0.5, 0.6) is 0 Å². The third-order valence-electron chi connectivity index (χ3n) is 12.0. The molecule has 0 saturated carbocycles. The highest BCUT2D eigenvalue weighted by atomic mass is 16.3. The van der Waals surface area contributed by atoms with Gasteiger partial charge < -0.3 is 18.1 Å². The predicted octanol–water partition coefficient (Wildman–Crippen LogP) is 14.4. The van der Waals surface area contributed by atoms with Gasteiger partial charge in [0, 0.05) is 55.1 Å². The van der Waals surface area contributed by atoms with Crippen LogP contribution in [0.2, 0.25) is 0 Å². The SMILES string of the molecule is c1ccc(-c2ccc(N(c3ccc4c(c3)oc3ccccc34)c3ccc4c(c3)n3c5ccccc5c5ccc6c7ccccc7n4c6c53)c3ccccc23)cc1. The number of hydrogen-bond acceptors (Lipinski definition) is 2. The van der Waals surface area contributed by atoms with Crippen LogP contribution in [0, 0.1) is 0 Å². The zero-order chi connectivity index (χ0) is 36.5. The molecule has 4 aromatic heterocycles. The number of aromatic nitrogens is 2. The van der Waals surface area contributed by atoms with Crippen molar-refractivity contribution in [2.75, 3.05) is 4.90 Å². The second-order valence-electron chi connectivity index (χ2n) is 14.9. The van der Waals surface area contributed by atoms with Gasteiger partial charge in [0.05, 0.1) is 38.8 Å². The Kier molecular flexibility index (Phi) is 5.86. The molecule has 0 unspecified atom stereocenters. The number of anilines is 3. The van der Waals surface area contributed by atoms with Gasteiger partial charge in [-0.15, -0.1) is 0 Å². The van der Waals surface area contributed by atoms with Gasteiger partial charge in [-0.2, -0.15) is 0 Å². The largest absolute Gasteiger partial charge is 0.456 e. The summed E-state index contributed by atoms with van der Waals surface area (Å²) in [6.45, 7) is 0. The van der Waals surface area contributed by atoms with Crippen LogP contribution in [-0.4, -0.2) is 8.80 Å². The number of fused-ring (bicyclic) bond motifs is 13. The van der Waals surface area contributed by atoms with Crippen molar-refractivity contribution in [1.29, 1.82) is 0 Å². The average Bonchev–Trinajstić information content (AvgIpc) is 3.92. The average molecular weight is 714 g/mol. The molecule has 9 aromatic carbocycles. The molecule has 13 aromatic rings. The van der Waals surface area contributed by atoms with Crippen LogP contribution in [0.4, 0.5) is 17.1 Å². The molecule has 0 aliphatic heterocycles. The summed E-state index contributed by atoms with van der Waals surface area (Å²) in [5.74, 6) is 0. The van der Waals surface area contributed by atoms with Crippen molar-refractivity contribution in [3.8, 4) is 11.1 Å². The highest BCUT2D eigenvalue weighted by molar-refractivity contribution is 6.25. The summed E-state index contributed by atoms with van der Waals surface area (Å²) in [5.41, 5.74) is 14.6. The molecule has 4 heterocycles. The van der Waals surface area contributed by atoms with Gasteiger partial charge in [0.2, 0.25) is 0 Å². The lowest BCUT2D eigenvalue weighted by Crippen LogP contribution is -2.11. The summed E-state index contributed by atoms with van der Waals surface area (Å²) in [6, 6.07) is 68.3. The van der Waals surface area contributed by atoms with Crippen LogP contribution in [-0.2, 0) is 0 Å². The predicted molar refractivity (Wildman–Crippen MR) is 234 cm³/mol. The first-order valence-corrected chi connectivity index (χ1v) is 19.2. The summed E-state index contributed by atoms with van der Waals surface area (Å²) in [6.07, 6.45) is 0. The van der Waals surface area contributed by atoms with E-state index in [-0.39, 0.29) is 0 Å². The maximum Gasteiger partial charge on any atom is 0.137 e. The zero-order valence-electron chi connectivity index (χ0n) is 30.1. The van der Waals surface area contributed by atoms with Gasteiger partial charge in [0.15, 0.2) is 0 Å². The van der Waals surface area contributed by atoms with Gasteiger partial charge >= 0.3 is 0 Å². The van der Waals surface area contributed by atoms with Gasteiger partial charge in [0.1, 0.15) is 11.2 Å². The topological polar surface area (TPSA) is 25.2 Å². The Labute approximate surface area is 320 Å². The molecule has 13 rings (SSSR count). The molecule has 0 bridgehead atoms. The molecule has 260 valence electrons. The van der Waals surface area contributed by atoms with Gasteiger partial charge in [-0.3, -0.25) is 0 Å². The Balaban J connectivity index is 1.16. The fourth-order valence-corrected chi connectivity index (χ4v) is 9.65. The monoisotopic (exact) mass is 713 g/mol. The minimum atomic E-state index is 0.866. The van der Waals surface area contributed by atoms with E-state index < -0.39 is 0 Å². The Morgan fingerprint density at radius 1 is 0.339 bits per heavy atom. The number of furan rings is 1. The molecule has 0 aliphatic rings. The van der Waals surface area contributed by atoms with E-state index in [0.29, 0.717) is 0 Å². The van der Waals surface area contributed by atoms with Crippen LogP contribution in [0.1, 0.15) is 0 Å². The van der Waals surface area contributed by atoms with Crippen molar-refractivity contribution in [3.63, 3.8) is 0 Å². The van der Waals surface area contributed by atoms with Crippen LogP contribution in [0.3, 0.4) is 0 Å². The first kappa shape index (κ1) is 29.8. The fraction of sp³-hybridized carbons (Fsp3) is 0. The normalized spacial score (nSPS) is 12.3. The van der Waals surface area contributed by atoms with E-state index in [9.17, 15) is 0 Å². The maximum absolute atomic E-state index is 6.52. The molecule has 0 saturated heterocycles. The quantitative estimate of drug-likeness (QED) is 0.170. The van der Waals surface area contributed by atoms with E-state index in [1.165, 1.54) is 71.0 Å². The van der Waals surface area contributed by atoms with Crippen molar-refractivity contribution in [3.05, 3.63) is 188 Å². The summed E-state index contributed by atoms with van der Waals surface area (Å²) in [5, 5.41) is 9.68. The van der Waals surface area contributed by atoms with E-state index in [1.807, 2.05) is 12.1 Å². The lowest BCUT2D eigenvalue weighted by atomic mass is 9.96. The molecule has 0 spiro atoms. The first-order valence-electron chi connectivity index (χ1n) is 19.2. The summed E-state index contributed by atoms with van der Waals surface area (Å²) < 4.78 is 11.5. The van der Waals surface area contributed by atoms with Crippen LogP contribution in [0.15, 0.2) is 192 Å². The maximum atomic E-state index is 6.52. The van der Waals surface area contributed by atoms with E-state index in [0.717, 1.165) is 44.5 Å². The van der Waals surface area contributed by atoms with Gasteiger partial charge in [0.25, 0.3) is 0 Å². The Morgan fingerprint density at radius 3 is 1.64 bits per heavy atom. The van der Waals surface area contributed by atoms with E-state index in [4.69, 9.17) is 4.42 Å². The lowest BCUT2D eigenvalue weighted by molar-refractivity contribution is 0.669. The van der Waals surface area contributed by atoms with Crippen molar-refractivity contribution in [2.24, 2.45) is 0 Å². The number of para-hydroxylation sites is 3. The highest BCUT2D eigenvalue weighted by Crippen LogP contribution is 2.46. The number of benzene rings is 9. The van der Waals surface area contributed by atoms with Crippen molar-refractivity contribution in [1.82, 2.24) is 8.80 Å². The second kappa shape index (κ2) is 11.0. The molecule has 0 fully saturated rings. The Bertz CT molecular complexity index is 3720. The molecule has 56 heavy (non-hydrogen) atoms. The van der Waals surface area contributed by atoms with E-state index in [2.05, 4.69) is 190 Å². The molecule has 0 amide bonds. The number of nitrogens with zero attached hydrogens (tertiary/aromatic N) is 3. The standard InChI is InChI=1S/C52H31N3O/c1-2-12-32(13-3-1)35-27-29-46(37-15-5-4-14-36(35)37)53(34-22-24-41-40-18-8-11-21-49(40)56-50(41)31-34)33-23-28-47-48(30-33)55-45-20-10-7-17-39(45)43-26-25-42-38-16-6-9-19-44(38)54(47)51(42)52(43)55/h1-31H. The molecular formula is C52H31N3O. The number of rotatable bonds is 4.